The van der Waals surface area contributed by atoms with E-state index in [4.69, 9.17) is 5.11 Å². The molecule has 1 N–H and O–H groups in total. The first-order chi connectivity index (χ1) is 12.0. The van der Waals surface area contributed by atoms with Crippen LogP contribution in [0.2, 0.25) is 0 Å². The molecule has 1 aliphatic rings. The molecule has 0 saturated carbocycles. The number of pyridine rings is 2. The molecule has 3 heterocycles. The number of amides is 1. The number of hydrogen-bond acceptors (Lipinski definition) is 6. The number of nitrogens with zero attached hydrogens (tertiary/aromatic N) is 3. The lowest BCUT2D eigenvalue weighted by molar-refractivity contribution is -0.109. The molecule has 1 amide bonds. The van der Waals surface area contributed by atoms with Gasteiger partial charge in [-0.3, -0.25) is 14.6 Å². The van der Waals surface area contributed by atoms with Gasteiger partial charge in [0.05, 0.1) is 0 Å². The van der Waals surface area contributed by atoms with Crippen LogP contribution < -0.4 is 0 Å². The van der Waals surface area contributed by atoms with Gasteiger partial charge >= 0.3 is 5.97 Å². The second-order valence-electron chi connectivity index (χ2n) is 5.18. The first-order valence-corrected chi connectivity index (χ1v) is 8.37. The van der Waals surface area contributed by atoms with Crippen LogP contribution in [0, 0.1) is 0 Å². The molecule has 0 aromatic carbocycles. The molecular weight excluding hydrogens is 342 g/mol. The number of carboxylic acid groups (broad SMARTS) is 1. The molecule has 0 aliphatic carbocycles. The molecule has 8 heteroatoms. The van der Waals surface area contributed by atoms with Gasteiger partial charge in [0, 0.05) is 37.7 Å². The van der Waals surface area contributed by atoms with E-state index in [0.717, 1.165) is 0 Å². The van der Waals surface area contributed by atoms with Crippen LogP contribution in [0.5, 0.6) is 0 Å². The molecule has 0 spiro atoms. The number of rotatable bonds is 3. The number of hydrogen-bond donors (Lipinski definition) is 1. The Morgan fingerprint density at radius 2 is 1.60 bits per heavy atom. The van der Waals surface area contributed by atoms with Crippen molar-refractivity contribution in [3.8, 4) is 0 Å². The molecule has 0 atom stereocenters. The second-order valence-corrected chi connectivity index (χ2v) is 6.65. The maximum atomic E-state index is 11.8. The van der Waals surface area contributed by atoms with Crippen molar-refractivity contribution in [1.29, 1.82) is 0 Å². The topological polar surface area (TPSA) is 100 Å². The Balaban J connectivity index is 0.000000212. The molecule has 7 nitrogen and oxygen atoms in total. The molecule has 1 fully saturated rings. The average molecular weight is 359 g/mol. The Kier molecular flexibility index (Phi) is 6.64. The third-order valence-corrected chi connectivity index (χ3v) is 4.20. The summed E-state index contributed by atoms with van der Waals surface area (Å²) < 4.78 is 0. The third-order valence-electron chi connectivity index (χ3n) is 3.24. The largest absolute Gasteiger partial charge is 0.477 e. The van der Waals surface area contributed by atoms with Crippen molar-refractivity contribution in [3.05, 3.63) is 60.2 Å². The smallest absolute Gasteiger partial charge is 0.354 e. The van der Waals surface area contributed by atoms with Crippen LogP contribution in [0.1, 0.15) is 27.9 Å². The zero-order valence-corrected chi connectivity index (χ0v) is 14.3. The summed E-state index contributed by atoms with van der Waals surface area (Å²) in [5, 5.41) is 8.68. The van der Waals surface area contributed by atoms with Gasteiger partial charge in [0.15, 0.2) is 5.12 Å². The number of carbonyl (C=O) groups is 3. The standard InChI is InChI=1S/C11H12N2O2S.C6H5NO2/c1-8(14)16-9-6-13(7-9)11(15)10-4-2-3-5-12-10;8-6(9)5-3-1-2-4-7-5/h2-5,9H,6-7H2,1H3;1-4H,(H,8,9). The lowest BCUT2D eigenvalue weighted by atomic mass is 10.2. The number of aromatic nitrogens is 2. The monoisotopic (exact) mass is 359 g/mol. The highest BCUT2D eigenvalue weighted by molar-refractivity contribution is 8.14. The highest BCUT2D eigenvalue weighted by atomic mass is 32.2. The molecule has 2 aromatic rings. The van der Waals surface area contributed by atoms with Crippen LogP contribution in [-0.4, -0.2) is 55.3 Å². The van der Waals surface area contributed by atoms with E-state index in [1.54, 1.807) is 48.4 Å². The minimum Gasteiger partial charge on any atom is -0.477 e. The maximum absolute atomic E-state index is 11.8. The van der Waals surface area contributed by atoms with Gasteiger partial charge in [-0.25, -0.2) is 9.78 Å². The van der Waals surface area contributed by atoms with Crippen molar-refractivity contribution in [2.75, 3.05) is 13.1 Å². The van der Waals surface area contributed by atoms with Gasteiger partial charge in [0.2, 0.25) is 0 Å². The van der Waals surface area contributed by atoms with Gasteiger partial charge in [0.25, 0.3) is 5.91 Å². The Hall–Kier alpha value is -2.74. The maximum Gasteiger partial charge on any atom is 0.354 e. The van der Waals surface area contributed by atoms with E-state index in [1.807, 2.05) is 0 Å². The van der Waals surface area contributed by atoms with Gasteiger partial charge < -0.3 is 10.0 Å². The fraction of sp³-hybridized carbons (Fsp3) is 0.235. The molecule has 0 radical (unpaired) electrons. The molecule has 0 bridgehead atoms. The molecule has 3 rings (SSSR count). The minimum absolute atomic E-state index is 0.0546. The van der Waals surface area contributed by atoms with Crippen LogP contribution in [-0.2, 0) is 4.79 Å². The quantitative estimate of drug-likeness (QED) is 0.894. The summed E-state index contributed by atoms with van der Waals surface area (Å²) in [6.45, 7) is 2.83. The number of carbonyl (C=O) groups excluding carboxylic acids is 2. The summed E-state index contributed by atoms with van der Waals surface area (Å²) >= 11 is 1.30. The number of carboxylic acids is 1. The van der Waals surface area contributed by atoms with Gasteiger partial charge in [-0.2, -0.15) is 0 Å². The van der Waals surface area contributed by atoms with E-state index in [-0.39, 0.29) is 22.0 Å². The average Bonchev–Trinajstić information content (AvgIpc) is 2.59. The Morgan fingerprint density at radius 3 is 2.00 bits per heavy atom. The zero-order chi connectivity index (χ0) is 18.2. The Morgan fingerprint density at radius 1 is 1.04 bits per heavy atom. The van der Waals surface area contributed by atoms with Crippen molar-refractivity contribution >= 4 is 28.8 Å². The van der Waals surface area contributed by atoms with Crippen molar-refractivity contribution in [1.82, 2.24) is 14.9 Å². The molecular formula is C17H17N3O4S. The van der Waals surface area contributed by atoms with E-state index in [0.29, 0.717) is 18.8 Å². The van der Waals surface area contributed by atoms with Crippen molar-refractivity contribution in [2.45, 2.75) is 12.2 Å². The Labute approximate surface area is 149 Å². The van der Waals surface area contributed by atoms with Gasteiger partial charge in [-0.1, -0.05) is 23.9 Å². The molecule has 1 aliphatic heterocycles. The van der Waals surface area contributed by atoms with Gasteiger partial charge in [-0.15, -0.1) is 0 Å². The third kappa shape index (κ3) is 5.68. The summed E-state index contributed by atoms with van der Waals surface area (Å²) in [5.41, 5.74) is 0.547. The first kappa shape index (κ1) is 18.6. The second kappa shape index (κ2) is 8.93. The SMILES string of the molecule is CC(=O)SC1CN(C(=O)c2ccccn2)C1.O=C(O)c1ccccn1. The molecule has 130 valence electrons. The fourth-order valence-electron chi connectivity index (χ4n) is 2.05. The van der Waals surface area contributed by atoms with Crippen LogP contribution in [0.15, 0.2) is 48.8 Å². The molecule has 2 aromatic heterocycles. The van der Waals surface area contributed by atoms with E-state index < -0.39 is 5.97 Å². The van der Waals surface area contributed by atoms with Crippen molar-refractivity contribution in [3.63, 3.8) is 0 Å². The van der Waals surface area contributed by atoms with Crippen molar-refractivity contribution in [2.24, 2.45) is 0 Å². The highest BCUT2D eigenvalue weighted by Gasteiger charge is 2.32. The predicted octanol–water partition coefficient (Wildman–Crippen LogP) is 1.97. The fourth-order valence-corrected chi connectivity index (χ4v) is 3.03. The summed E-state index contributed by atoms with van der Waals surface area (Å²) in [5.74, 6) is -1.04. The van der Waals surface area contributed by atoms with E-state index in [2.05, 4.69) is 9.97 Å². The number of aromatic carboxylic acids is 1. The molecule has 0 unspecified atom stereocenters. The normalized spacial score (nSPS) is 13.2. The van der Waals surface area contributed by atoms with Gasteiger partial charge in [0.1, 0.15) is 11.4 Å². The first-order valence-electron chi connectivity index (χ1n) is 7.49. The lowest BCUT2D eigenvalue weighted by Gasteiger charge is -2.37. The van der Waals surface area contributed by atoms with E-state index in [9.17, 15) is 14.4 Å². The van der Waals surface area contributed by atoms with E-state index in [1.165, 1.54) is 24.0 Å². The minimum atomic E-state index is -0.990. The summed E-state index contributed by atoms with van der Waals surface area (Å²) in [6, 6.07) is 10.0. The molecule has 25 heavy (non-hydrogen) atoms. The number of likely N-dealkylation sites (tertiary alicyclic amines) is 1. The van der Waals surface area contributed by atoms with Crippen LogP contribution in [0.4, 0.5) is 0 Å². The van der Waals surface area contributed by atoms with Crippen LogP contribution in [0.25, 0.3) is 0 Å². The van der Waals surface area contributed by atoms with E-state index >= 15 is 0 Å². The summed E-state index contributed by atoms with van der Waals surface area (Å²) in [4.78, 5) is 42.1. The Bertz CT molecular complexity index is 734. The van der Waals surface area contributed by atoms with Crippen molar-refractivity contribution < 1.29 is 19.5 Å². The number of thioether (sulfide) groups is 1. The zero-order valence-electron chi connectivity index (χ0n) is 13.5. The lowest BCUT2D eigenvalue weighted by Crippen LogP contribution is -2.52. The predicted molar refractivity (Wildman–Crippen MR) is 93.4 cm³/mol. The molecule has 1 saturated heterocycles. The van der Waals surface area contributed by atoms with Gasteiger partial charge in [-0.05, 0) is 24.3 Å². The van der Waals surface area contributed by atoms with Crippen LogP contribution >= 0.6 is 11.8 Å². The summed E-state index contributed by atoms with van der Waals surface area (Å²) in [6.07, 6.45) is 3.05. The van der Waals surface area contributed by atoms with Crippen LogP contribution in [0.3, 0.4) is 0 Å². The highest BCUT2D eigenvalue weighted by Crippen LogP contribution is 2.23. The summed E-state index contributed by atoms with van der Waals surface area (Å²) in [7, 11) is 0.